The highest BCUT2D eigenvalue weighted by Crippen LogP contribution is 2.34. The maximum atomic E-state index is 5.93. The van der Waals surface area contributed by atoms with Gasteiger partial charge in [0.15, 0.2) is 11.1 Å². The summed E-state index contributed by atoms with van der Waals surface area (Å²) in [6.07, 6.45) is 3.14. The van der Waals surface area contributed by atoms with Crippen LogP contribution in [0, 0.1) is 0 Å². The third-order valence-corrected chi connectivity index (χ3v) is 7.41. The zero-order valence-electron chi connectivity index (χ0n) is 17.3. The number of hydrogen-bond donors (Lipinski definition) is 0. The average molecular weight is 399 g/mol. The van der Waals surface area contributed by atoms with Crippen molar-refractivity contribution in [1.29, 1.82) is 0 Å². The fourth-order valence-electron chi connectivity index (χ4n) is 2.38. The lowest BCUT2D eigenvalue weighted by Gasteiger charge is -2.34. The molecule has 3 atom stereocenters. The van der Waals surface area contributed by atoms with E-state index in [0.29, 0.717) is 17.2 Å². The van der Waals surface area contributed by atoms with Crippen molar-refractivity contribution in [2.24, 2.45) is 0 Å². The summed E-state index contributed by atoms with van der Waals surface area (Å²) in [5.41, 5.74) is -0.989. The molecule has 0 aromatic carbocycles. The Bertz CT molecular complexity index is 304. The van der Waals surface area contributed by atoms with Crippen LogP contribution in [0.1, 0.15) is 34.1 Å². The van der Waals surface area contributed by atoms with E-state index >= 15 is 0 Å². The molecule has 0 N–H and O–H groups in total. The van der Waals surface area contributed by atoms with Crippen LogP contribution in [0.3, 0.4) is 0 Å². The van der Waals surface area contributed by atoms with Gasteiger partial charge >= 0.3 is 0 Å². The van der Waals surface area contributed by atoms with Crippen LogP contribution in [0.2, 0.25) is 0 Å². The Hall–Kier alpha value is 0.620. The van der Waals surface area contributed by atoms with Gasteiger partial charge in [-0.1, -0.05) is 24.1 Å². The topological polar surface area (TPSA) is 49.4 Å². The molecule has 0 spiro atoms. The van der Waals surface area contributed by atoms with Gasteiger partial charge in [-0.05, 0) is 39.5 Å². The molecular weight excluding hydrogens is 360 g/mol. The Morgan fingerprint density at radius 2 is 1.20 bits per heavy atom. The first-order valence-electron chi connectivity index (χ1n) is 8.89. The average Bonchev–Trinajstić information content (AvgIpc) is 2.64. The molecule has 152 valence electrons. The van der Waals surface area contributed by atoms with Crippen LogP contribution in [0.4, 0.5) is 0 Å². The third-order valence-electron chi connectivity index (χ3n) is 4.36. The van der Waals surface area contributed by atoms with Gasteiger partial charge in [-0.25, -0.2) is 0 Å². The minimum atomic E-state index is -0.495. The smallest absolute Gasteiger partial charge is 0.180 e. The van der Waals surface area contributed by atoms with E-state index in [1.54, 1.807) is 28.4 Å². The quantitative estimate of drug-likeness (QED) is 0.293. The van der Waals surface area contributed by atoms with E-state index < -0.39 is 11.1 Å². The van der Waals surface area contributed by atoms with Crippen molar-refractivity contribution in [2.75, 3.05) is 60.5 Å². The van der Waals surface area contributed by atoms with Crippen LogP contribution in [-0.2, 0) is 23.7 Å². The van der Waals surface area contributed by atoms with Gasteiger partial charge in [-0.3, -0.25) is 4.90 Å². The first kappa shape index (κ1) is 25.6. The minimum absolute atomic E-state index is 0.146. The molecule has 0 bridgehead atoms. The first-order chi connectivity index (χ1) is 11.8. The summed E-state index contributed by atoms with van der Waals surface area (Å²) < 4.78 is 27.8. The van der Waals surface area contributed by atoms with Crippen LogP contribution in [0.5, 0.6) is 0 Å². The van der Waals surface area contributed by atoms with Crippen molar-refractivity contribution in [1.82, 2.24) is 4.90 Å². The van der Waals surface area contributed by atoms with Crippen LogP contribution >= 0.6 is 17.2 Å². The zero-order valence-corrected chi connectivity index (χ0v) is 19.3. The highest BCUT2D eigenvalue weighted by molar-refractivity contribution is 7.39. The van der Waals surface area contributed by atoms with Crippen molar-refractivity contribution < 1.29 is 23.7 Å². The predicted octanol–water partition coefficient (Wildman–Crippen LogP) is 3.35. The van der Waals surface area contributed by atoms with Crippen molar-refractivity contribution >= 4 is 17.2 Å². The van der Waals surface area contributed by atoms with Crippen LogP contribution < -0.4 is 0 Å². The summed E-state index contributed by atoms with van der Waals surface area (Å²) in [6, 6.07) is 0. The molecule has 0 aliphatic rings. The van der Waals surface area contributed by atoms with Crippen molar-refractivity contribution in [3.8, 4) is 0 Å². The summed E-state index contributed by atoms with van der Waals surface area (Å²) in [7, 11) is 7.92. The van der Waals surface area contributed by atoms with Gasteiger partial charge in [0.1, 0.15) is 6.23 Å². The number of rotatable bonds is 16. The second kappa shape index (κ2) is 13.7. The van der Waals surface area contributed by atoms with E-state index in [1.807, 2.05) is 20.8 Å². The molecule has 0 rings (SSSR count). The summed E-state index contributed by atoms with van der Waals surface area (Å²) in [5, 5.41) is 0. The van der Waals surface area contributed by atoms with Crippen LogP contribution in [-0.4, -0.2) is 82.6 Å². The van der Waals surface area contributed by atoms with Crippen LogP contribution in [0.15, 0.2) is 0 Å². The van der Waals surface area contributed by atoms with E-state index in [2.05, 4.69) is 11.8 Å². The first-order valence-corrected chi connectivity index (χ1v) is 11.3. The Labute approximate surface area is 158 Å². The minimum Gasteiger partial charge on any atom is -0.363 e. The molecule has 25 heavy (non-hydrogen) atoms. The molecule has 0 saturated carbocycles. The van der Waals surface area contributed by atoms with E-state index in [4.69, 9.17) is 23.7 Å². The molecule has 6 nitrogen and oxygen atoms in total. The lowest BCUT2D eigenvalue weighted by atomic mass is 10.3. The molecule has 0 aromatic rings. The van der Waals surface area contributed by atoms with Gasteiger partial charge in [0, 0.05) is 48.1 Å². The standard InChI is InChI=1S/C17H39NO5P2/c1-9-15(23-10-2)18(11-13-24-16(3,19-5)20-6)12-14-25-17(4,21-7)22-8/h15,24-25H,9-14H2,1-8H3. The molecule has 0 saturated heterocycles. The number of ether oxygens (including phenoxy) is 5. The number of methoxy groups -OCH3 is 4. The molecule has 0 aliphatic carbocycles. The fourth-order valence-corrected chi connectivity index (χ4v) is 4.67. The predicted molar refractivity (Wildman–Crippen MR) is 108 cm³/mol. The van der Waals surface area contributed by atoms with Gasteiger partial charge in [-0.15, -0.1) is 0 Å². The molecule has 0 radical (unpaired) electrons. The van der Waals surface area contributed by atoms with Crippen LogP contribution in [0.25, 0.3) is 0 Å². The Morgan fingerprint density at radius 3 is 1.48 bits per heavy atom. The van der Waals surface area contributed by atoms with Crippen molar-refractivity contribution in [2.45, 2.75) is 51.4 Å². The van der Waals surface area contributed by atoms with E-state index in [-0.39, 0.29) is 6.23 Å². The molecular formula is C17H39NO5P2. The van der Waals surface area contributed by atoms with E-state index in [9.17, 15) is 0 Å². The van der Waals surface area contributed by atoms with Gasteiger partial charge in [0.25, 0.3) is 0 Å². The number of hydrogen-bond acceptors (Lipinski definition) is 6. The summed E-state index contributed by atoms with van der Waals surface area (Å²) in [4.78, 5) is 2.42. The highest BCUT2D eigenvalue weighted by atomic mass is 31.1. The van der Waals surface area contributed by atoms with Gasteiger partial charge in [0.05, 0.1) is 0 Å². The largest absolute Gasteiger partial charge is 0.363 e. The Kier molecular flexibility index (Phi) is 14.1. The molecule has 0 fully saturated rings. The lowest BCUT2D eigenvalue weighted by molar-refractivity contribution is -0.123. The zero-order chi connectivity index (χ0) is 19.3. The molecule has 0 amide bonds. The molecule has 3 unspecified atom stereocenters. The number of nitrogens with zero attached hydrogens (tertiary/aromatic N) is 1. The molecule has 0 heterocycles. The fraction of sp³-hybridized carbons (Fsp3) is 1.00. The third kappa shape index (κ3) is 9.93. The monoisotopic (exact) mass is 399 g/mol. The maximum Gasteiger partial charge on any atom is 0.180 e. The van der Waals surface area contributed by atoms with Gasteiger partial charge < -0.3 is 23.7 Å². The summed E-state index contributed by atoms with van der Waals surface area (Å²) in [6.45, 7) is 10.8. The van der Waals surface area contributed by atoms with E-state index in [0.717, 1.165) is 38.4 Å². The maximum absolute atomic E-state index is 5.93. The van der Waals surface area contributed by atoms with Gasteiger partial charge in [0.2, 0.25) is 0 Å². The summed E-state index contributed by atoms with van der Waals surface area (Å²) >= 11 is 0. The normalized spacial score (nSPS) is 15.2. The van der Waals surface area contributed by atoms with Crippen molar-refractivity contribution in [3.63, 3.8) is 0 Å². The SMILES string of the molecule is CCOC(CC)N(CCPC(C)(OC)OC)CCPC(C)(OC)OC. The molecule has 8 heteroatoms. The second-order valence-electron chi connectivity index (χ2n) is 5.92. The lowest BCUT2D eigenvalue weighted by Crippen LogP contribution is -2.41. The second-order valence-corrected chi connectivity index (χ2v) is 9.44. The molecule has 0 aromatic heterocycles. The Balaban J connectivity index is 4.65. The van der Waals surface area contributed by atoms with E-state index in [1.165, 1.54) is 0 Å². The molecule has 0 aliphatic heterocycles. The highest BCUT2D eigenvalue weighted by Gasteiger charge is 2.25. The van der Waals surface area contributed by atoms with Gasteiger partial charge in [-0.2, -0.15) is 0 Å². The Morgan fingerprint density at radius 1 is 0.800 bits per heavy atom. The summed E-state index contributed by atoms with van der Waals surface area (Å²) in [5.74, 6) is 0. The van der Waals surface area contributed by atoms with Crippen molar-refractivity contribution in [3.05, 3.63) is 0 Å².